The number of carbonyl (C=O) groups is 1. The Morgan fingerprint density at radius 3 is 2.52 bits per heavy atom. The van der Waals surface area contributed by atoms with Crippen LogP contribution in [-0.2, 0) is 4.79 Å². The van der Waals surface area contributed by atoms with Gasteiger partial charge in [-0.2, -0.15) is 0 Å². The number of anilines is 1. The molecule has 1 heterocycles. The van der Waals surface area contributed by atoms with Crippen LogP contribution in [0.4, 0.5) is 5.69 Å². The Kier molecular flexibility index (Phi) is 6.30. The Morgan fingerprint density at radius 1 is 1.19 bits per heavy atom. The highest BCUT2D eigenvalue weighted by atomic mass is 32.1. The first-order valence-electron chi connectivity index (χ1n) is 9.46. The lowest BCUT2D eigenvalue weighted by molar-refractivity contribution is -0.135. The van der Waals surface area contributed by atoms with Crippen molar-refractivity contribution in [1.29, 1.82) is 0 Å². The lowest BCUT2D eigenvalue weighted by Gasteiger charge is -2.21. The molecule has 0 amide bonds. The van der Waals surface area contributed by atoms with Gasteiger partial charge in [-0.05, 0) is 35.7 Å². The molecule has 0 fully saturated rings. The van der Waals surface area contributed by atoms with Gasteiger partial charge in [0.2, 0.25) is 0 Å². The zero-order valence-corrected chi connectivity index (χ0v) is 18.5. The van der Waals surface area contributed by atoms with Crippen LogP contribution in [0.3, 0.4) is 0 Å². The minimum atomic E-state index is -0.981. The summed E-state index contributed by atoms with van der Waals surface area (Å²) in [5.41, 5.74) is 2.18. The molecular formula is C21H24N4O5S. The second-order valence-corrected chi connectivity index (χ2v) is 7.75. The Balaban J connectivity index is 2.19. The Hall–Kier alpha value is -3.40. The molecule has 0 unspecified atom stereocenters. The average Bonchev–Trinajstić information content (AvgIpc) is 3.07. The molecule has 10 heteroatoms. The van der Waals surface area contributed by atoms with Gasteiger partial charge in [-0.25, -0.2) is 0 Å². The molecule has 1 aromatic heterocycles. The second-order valence-electron chi connectivity index (χ2n) is 7.35. The van der Waals surface area contributed by atoms with Crippen molar-refractivity contribution in [1.82, 2.24) is 14.8 Å². The minimum absolute atomic E-state index is 0.00422. The van der Waals surface area contributed by atoms with E-state index < -0.39 is 5.97 Å². The first-order valence-corrected chi connectivity index (χ1v) is 9.90. The molecule has 0 saturated carbocycles. The van der Waals surface area contributed by atoms with E-state index >= 15 is 0 Å². The molecule has 0 aliphatic heterocycles. The Bertz CT molecular complexity index is 1130. The van der Waals surface area contributed by atoms with Crippen LogP contribution in [-0.4, -0.2) is 56.8 Å². The molecule has 31 heavy (non-hydrogen) atoms. The van der Waals surface area contributed by atoms with E-state index in [1.807, 2.05) is 13.8 Å². The van der Waals surface area contributed by atoms with E-state index in [1.54, 1.807) is 40.8 Å². The van der Waals surface area contributed by atoms with Gasteiger partial charge >= 0.3 is 5.97 Å². The Labute approximate surface area is 184 Å². The zero-order valence-electron chi connectivity index (χ0n) is 17.6. The molecular weight excluding hydrogens is 420 g/mol. The molecule has 0 aliphatic rings. The molecule has 3 aromatic rings. The van der Waals surface area contributed by atoms with Crippen molar-refractivity contribution < 1.29 is 24.9 Å². The molecule has 3 N–H and O–H groups in total. The number of carboxylic acid groups (broad SMARTS) is 1. The van der Waals surface area contributed by atoms with Gasteiger partial charge in [-0.1, -0.05) is 13.8 Å². The number of phenols is 2. The number of aromatic hydroxyl groups is 2. The molecule has 9 nitrogen and oxygen atoms in total. The summed E-state index contributed by atoms with van der Waals surface area (Å²) in [5.74, 6) is -0.302. The summed E-state index contributed by atoms with van der Waals surface area (Å²) in [6.07, 6.45) is 0. The van der Waals surface area contributed by atoms with E-state index in [4.69, 9.17) is 9.84 Å². The van der Waals surface area contributed by atoms with Crippen molar-refractivity contribution in [3.05, 3.63) is 35.9 Å². The third kappa shape index (κ3) is 4.38. The number of rotatable bonds is 7. The quantitative estimate of drug-likeness (QED) is 0.410. The van der Waals surface area contributed by atoms with Gasteiger partial charge in [-0.3, -0.25) is 9.36 Å². The van der Waals surface area contributed by atoms with Crippen molar-refractivity contribution >= 4 is 24.3 Å². The van der Waals surface area contributed by atoms with E-state index in [1.165, 1.54) is 13.2 Å². The number of carboxylic acids is 1. The number of ether oxygens (including phenoxy) is 1. The monoisotopic (exact) mass is 444 g/mol. The summed E-state index contributed by atoms with van der Waals surface area (Å²) < 4.78 is 7.00. The van der Waals surface area contributed by atoms with E-state index in [0.29, 0.717) is 34.1 Å². The third-order valence-corrected chi connectivity index (χ3v) is 5.15. The maximum Gasteiger partial charge on any atom is 0.323 e. The van der Waals surface area contributed by atoms with E-state index in [0.717, 1.165) is 0 Å². The lowest BCUT2D eigenvalue weighted by atomic mass is 9.98. The highest BCUT2D eigenvalue weighted by Gasteiger charge is 2.21. The molecule has 2 aromatic carbocycles. The second kappa shape index (κ2) is 8.76. The molecule has 0 saturated heterocycles. The zero-order chi connectivity index (χ0) is 22.9. The molecule has 0 atom stereocenters. The van der Waals surface area contributed by atoms with Crippen molar-refractivity contribution in [3.63, 3.8) is 0 Å². The van der Waals surface area contributed by atoms with Gasteiger partial charge in [0.25, 0.3) is 0 Å². The average molecular weight is 445 g/mol. The Morgan fingerprint density at radius 2 is 1.90 bits per heavy atom. The van der Waals surface area contributed by atoms with Crippen molar-refractivity contribution in [2.24, 2.45) is 0 Å². The SMILES string of the molecule is COc1ccc(-n2c(S)nnc2-c2cc(C(C)C)c(O)cc2O)cc1N(C)CC(=O)O. The number of benzene rings is 2. The van der Waals surface area contributed by atoms with Crippen LogP contribution in [0, 0.1) is 0 Å². The predicted molar refractivity (Wildman–Crippen MR) is 119 cm³/mol. The van der Waals surface area contributed by atoms with E-state index in [9.17, 15) is 15.0 Å². The number of hydrogen-bond acceptors (Lipinski definition) is 8. The highest BCUT2D eigenvalue weighted by Crippen LogP contribution is 2.39. The molecule has 0 spiro atoms. The summed E-state index contributed by atoms with van der Waals surface area (Å²) in [6, 6.07) is 8.14. The van der Waals surface area contributed by atoms with Gasteiger partial charge in [0.05, 0.1) is 24.0 Å². The molecule has 0 aliphatic carbocycles. The molecule has 3 rings (SSSR count). The minimum Gasteiger partial charge on any atom is -0.508 e. The molecule has 0 radical (unpaired) electrons. The number of nitrogens with zero attached hydrogens (tertiary/aromatic N) is 4. The van der Waals surface area contributed by atoms with Crippen LogP contribution < -0.4 is 9.64 Å². The summed E-state index contributed by atoms with van der Waals surface area (Å²) >= 11 is 4.41. The fraction of sp³-hybridized carbons (Fsp3) is 0.286. The maximum atomic E-state index is 11.2. The number of aliphatic carboxylic acids is 1. The number of aromatic nitrogens is 3. The largest absolute Gasteiger partial charge is 0.508 e. The smallest absolute Gasteiger partial charge is 0.323 e. The summed E-state index contributed by atoms with van der Waals surface area (Å²) in [4.78, 5) is 12.7. The van der Waals surface area contributed by atoms with Gasteiger partial charge in [0, 0.05) is 13.1 Å². The van der Waals surface area contributed by atoms with Crippen LogP contribution in [0.25, 0.3) is 17.1 Å². The number of phenolic OH excluding ortho intramolecular Hbond substituents is 2. The summed E-state index contributed by atoms with van der Waals surface area (Å²) in [6.45, 7) is 3.64. The van der Waals surface area contributed by atoms with Crippen molar-refractivity contribution in [3.8, 4) is 34.3 Å². The molecule has 164 valence electrons. The maximum absolute atomic E-state index is 11.2. The third-order valence-electron chi connectivity index (χ3n) is 4.86. The first-order chi connectivity index (χ1) is 14.6. The van der Waals surface area contributed by atoms with Crippen molar-refractivity contribution in [2.45, 2.75) is 24.9 Å². The number of hydrogen-bond donors (Lipinski definition) is 4. The van der Waals surface area contributed by atoms with Crippen molar-refractivity contribution in [2.75, 3.05) is 25.6 Å². The fourth-order valence-corrected chi connectivity index (χ4v) is 3.58. The van der Waals surface area contributed by atoms with Crippen LogP contribution in [0.15, 0.2) is 35.5 Å². The van der Waals surface area contributed by atoms with Gasteiger partial charge < -0.3 is 25.0 Å². The lowest BCUT2D eigenvalue weighted by Crippen LogP contribution is -2.25. The van der Waals surface area contributed by atoms with Crippen LogP contribution in [0.5, 0.6) is 17.2 Å². The number of likely N-dealkylation sites (N-methyl/N-ethyl adjacent to an activating group) is 1. The first kappa shape index (κ1) is 22.3. The predicted octanol–water partition coefficient (Wildman–Crippen LogP) is 3.29. The summed E-state index contributed by atoms with van der Waals surface area (Å²) in [7, 11) is 3.15. The summed E-state index contributed by atoms with van der Waals surface area (Å²) in [5, 5.41) is 38.3. The van der Waals surface area contributed by atoms with Gasteiger partial charge in [-0.15, -0.1) is 22.8 Å². The van der Waals surface area contributed by atoms with Crippen LogP contribution >= 0.6 is 12.6 Å². The topological polar surface area (TPSA) is 121 Å². The normalized spacial score (nSPS) is 11.0. The molecule has 0 bridgehead atoms. The number of methoxy groups -OCH3 is 1. The highest BCUT2D eigenvalue weighted by molar-refractivity contribution is 7.80. The van der Waals surface area contributed by atoms with E-state index in [-0.39, 0.29) is 29.1 Å². The number of thiol groups is 1. The van der Waals surface area contributed by atoms with Gasteiger partial charge in [0.15, 0.2) is 11.0 Å². The van der Waals surface area contributed by atoms with Gasteiger partial charge in [0.1, 0.15) is 23.8 Å². The fourth-order valence-electron chi connectivity index (χ4n) is 3.33. The van der Waals surface area contributed by atoms with Crippen LogP contribution in [0.2, 0.25) is 0 Å². The van der Waals surface area contributed by atoms with Crippen LogP contribution in [0.1, 0.15) is 25.3 Å². The van der Waals surface area contributed by atoms with E-state index in [2.05, 4.69) is 22.8 Å². The standard InChI is InChI=1S/C21H24N4O5S/c1-11(2)13-8-14(17(27)9-16(13)26)20-22-23-21(31)25(20)12-5-6-18(30-4)15(7-12)24(3)10-19(28)29/h5-9,11,26-27H,10H2,1-4H3,(H,23,31)(H,28,29).